The molecule has 136 valence electrons. The lowest BCUT2D eigenvalue weighted by Crippen LogP contribution is -1.94. The first kappa shape index (κ1) is 17.4. The third-order valence-electron chi connectivity index (χ3n) is 3.71. The molecule has 3 heterocycles. The largest absolute Gasteiger partial charge is 0.338 e. The van der Waals surface area contributed by atoms with Crippen molar-refractivity contribution in [3.63, 3.8) is 0 Å². The minimum atomic E-state index is -0.451. The summed E-state index contributed by atoms with van der Waals surface area (Å²) in [5, 5.41) is 25.8. The van der Waals surface area contributed by atoms with E-state index in [1.165, 1.54) is 23.9 Å². The summed E-state index contributed by atoms with van der Waals surface area (Å²) in [5.74, 6) is 2.08. The third kappa shape index (κ3) is 3.59. The Morgan fingerprint density at radius 3 is 2.78 bits per heavy atom. The Morgan fingerprint density at radius 1 is 1.26 bits per heavy atom. The van der Waals surface area contributed by atoms with Crippen LogP contribution in [0.3, 0.4) is 0 Å². The lowest BCUT2D eigenvalue weighted by Gasteiger charge is -2.00. The topological polar surface area (TPSA) is 113 Å². The Hall–Kier alpha value is -3.05. The number of hydrogen-bond donors (Lipinski definition) is 0. The molecule has 9 nitrogen and oxygen atoms in total. The number of hydrogen-bond acceptors (Lipinski definition) is 9. The molecule has 27 heavy (non-hydrogen) atoms. The highest BCUT2D eigenvalue weighted by Gasteiger charge is 2.15. The summed E-state index contributed by atoms with van der Waals surface area (Å²) in [7, 11) is 1.91. The van der Waals surface area contributed by atoms with Crippen LogP contribution < -0.4 is 0 Å². The first-order valence-electron chi connectivity index (χ1n) is 7.75. The Bertz CT molecular complexity index is 1070. The van der Waals surface area contributed by atoms with Crippen molar-refractivity contribution in [2.45, 2.75) is 10.9 Å². The van der Waals surface area contributed by atoms with E-state index in [2.05, 4.69) is 20.3 Å². The number of non-ortho nitro benzene ring substituents is 1. The average Bonchev–Trinajstić information content (AvgIpc) is 3.41. The molecule has 0 saturated carbocycles. The van der Waals surface area contributed by atoms with Crippen LogP contribution in [-0.4, -0.2) is 29.8 Å². The molecular formula is C16H12N6O3S2. The van der Waals surface area contributed by atoms with Crippen LogP contribution >= 0.6 is 23.1 Å². The van der Waals surface area contributed by atoms with Gasteiger partial charge >= 0.3 is 0 Å². The zero-order chi connectivity index (χ0) is 18.8. The molecule has 0 atom stereocenters. The molecule has 0 saturated heterocycles. The Morgan fingerprint density at radius 2 is 2.07 bits per heavy atom. The van der Waals surface area contributed by atoms with Crippen molar-refractivity contribution < 1.29 is 9.45 Å². The quantitative estimate of drug-likeness (QED) is 0.273. The first-order chi connectivity index (χ1) is 13.1. The van der Waals surface area contributed by atoms with Crippen LogP contribution in [-0.2, 0) is 12.8 Å². The predicted molar refractivity (Wildman–Crippen MR) is 100 cm³/mol. The van der Waals surface area contributed by atoms with E-state index < -0.39 is 4.92 Å². The monoisotopic (exact) mass is 400 g/mol. The van der Waals surface area contributed by atoms with Gasteiger partial charge in [-0.05, 0) is 23.6 Å². The van der Waals surface area contributed by atoms with Gasteiger partial charge in [-0.3, -0.25) is 10.1 Å². The molecule has 0 aliphatic rings. The summed E-state index contributed by atoms with van der Waals surface area (Å²) in [6.45, 7) is 0. The Balaban J connectivity index is 1.45. The molecule has 0 aliphatic heterocycles. The van der Waals surface area contributed by atoms with Gasteiger partial charge in [0.2, 0.25) is 11.7 Å². The zero-order valence-corrected chi connectivity index (χ0v) is 15.6. The van der Waals surface area contributed by atoms with Crippen molar-refractivity contribution >= 4 is 28.8 Å². The number of nitro benzene ring substituents is 1. The van der Waals surface area contributed by atoms with Gasteiger partial charge in [-0.1, -0.05) is 23.0 Å². The number of aromatic nitrogens is 5. The second kappa shape index (κ2) is 7.29. The van der Waals surface area contributed by atoms with E-state index in [4.69, 9.17) is 4.52 Å². The maximum atomic E-state index is 10.7. The predicted octanol–water partition coefficient (Wildman–Crippen LogP) is 3.79. The van der Waals surface area contributed by atoms with Gasteiger partial charge in [0, 0.05) is 24.7 Å². The van der Waals surface area contributed by atoms with E-state index in [1.807, 2.05) is 29.1 Å². The molecule has 11 heteroatoms. The highest BCUT2D eigenvalue weighted by molar-refractivity contribution is 7.98. The van der Waals surface area contributed by atoms with Crippen LogP contribution in [0.5, 0.6) is 0 Å². The molecule has 0 amide bonds. The maximum absolute atomic E-state index is 10.7. The van der Waals surface area contributed by atoms with Crippen molar-refractivity contribution in [1.82, 2.24) is 24.9 Å². The normalized spacial score (nSPS) is 11.0. The van der Waals surface area contributed by atoms with Crippen LogP contribution in [0.2, 0.25) is 0 Å². The lowest BCUT2D eigenvalue weighted by atomic mass is 10.2. The Kier molecular flexibility index (Phi) is 4.69. The summed E-state index contributed by atoms with van der Waals surface area (Å²) in [6.07, 6.45) is 0. The van der Waals surface area contributed by atoms with Crippen molar-refractivity contribution in [1.29, 1.82) is 0 Å². The molecule has 4 aromatic rings. The molecule has 3 aromatic heterocycles. The number of benzene rings is 1. The number of nitrogens with zero attached hydrogens (tertiary/aromatic N) is 6. The smallest absolute Gasteiger partial charge is 0.269 e. The zero-order valence-electron chi connectivity index (χ0n) is 14.0. The van der Waals surface area contributed by atoms with Gasteiger partial charge < -0.3 is 9.09 Å². The van der Waals surface area contributed by atoms with Crippen LogP contribution in [0.25, 0.3) is 22.1 Å². The number of thiophene rings is 1. The van der Waals surface area contributed by atoms with Gasteiger partial charge in [0.25, 0.3) is 5.69 Å². The van der Waals surface area contributed by atoms with Crippen molar-refractivity contribution in [3.05, 3.63) is 57.8 Å². The minimum Gasteiger partial charge on any atom is -0.338 e. The number of thioether (sulfide) groups is 1. The van der Waals surface area contributed by atoms with Gasteiger partial charge in [-0.15, -0.1) is 21.5 Å². The highest BCUT2D eigenvalue weighted by atomic mass is 32.2. The summed E-state index contributed by atoms with van der Waals surface area (Å²) in [6, 6.07) is 9.97. The third-order valence-corrected chi connectivity index (χ3v) is 5.58. The fraction of sp³-hybridized carbons (Fsp3) is 0.125. The molecule has 0 N–H and O–H groups in total. The van der Waals surface area contributed by atoms with Crippen LogP contribution in [0.15, 0.2) is 51.5 Å². The van der Waals surface area contributed by atoms with E-state index in [0.29, 0.717) is 23.0 Å². The molecule has 0 aliphatic carbocycles. The SMILES string of the molecule is Cn1c(SCc2nc(-c3ccc([N+](=O)[O-])cc3)no2)nnc1-c1cccs1. The fourth-order valence-electron chi connectivity index (χ4n) is 2.35. The first-order valence-corrected chi connectivity index (χ1v) is 9.62. The van der Waals surface area contributed by atoms with Crippen LogP contribution in [0.4, 0.5) is 5.69 Å². The standard InChI is InChI=1S/C16H12N6O3S2/c1-21-15(12-3-2-8-26-12)18-19-16(21)27-9-13-17-14(20-25-13)10-4-6-11(7-5-10)22(23)24/h2-8H,9H2,1H3. The summed E-state index contributed by atoms with van der Waals surface area (Å²) in [4.78, 5) is 15.7. The molecule has 0 fully saturated rings. The molecule has 0 unspecified atom stereocenters. The number of nitro groups is 1. The summed E-state index contributed by atoms with van der Waals surface area (Å²) < 4.78 is 7.19. The maximum Gasteiger partial charge on any atom is 0.269 e. The van der Waals surface area contributed by atoms with Gasteiger partial charge in [-0.2, -0.15) is 4.98 Å². The summed E-state index contributed by atoms with van der Waals surface area (Å²) in [5.41, 5.74) is 0.668. The van der Waals surface area contributed by atoms with E-state index in [9.17, 15) is 10.1 Å². The fourth-order valence-corrected chi connectivity index (χ4v) is 3.84. The summed E-state index contributed by atoms with van der Waals surface area (Å²) >= 11 is 3.05. The van der Waals surface area contributed by atoms with Crippen LogP contribution in [0.1, 0.15) is 5.89 Å². The van der Waals surface area contributed by atoms with Gasteiger partial charge in [-0.25, -0.2) is 0 Å². The van der Waals surface area contributed by atoms with Crippen molar-refractivity contribution in [2.75, 3.05) is 0 Å². The average molecular weight is 400 g/mol. The Labute approximate surface area is 161 Å². The highest BCUT2D eigenvalue weighted by Crippen LogP contribution is 2.28. The second-order valence-corrected chi connectivity index (χ2v) is 7.34. The van der Waals surface area contributed by atoms with Gasteiger partial charge in [0.05, 0.1) is 15.6 Å². The molecule has 1 aromatic carbocycles. The number of rotatable bonds is 6. The van der Waals surface area contributed by atoms with E-state index in [-0.39, 0.29) is 5.69 Å². The van der Waals surface area contributed by atoms with Gasteiger partial charge in [0.1, 0.15) is 0 Å². The molecule has 0 bridgehead atoms. The van der Waals surface area contributed by atoms with Gasteiger partial charge in [0.15, 0.2) is 11.0 Å². The second-order valence-electron chi connectivity index (χ2n) is 5.45. The van der Waals surface area contributed by atoms with E-state index in [1.54, 1.807) is 23.5 Å². The molecule has 0 spiro atoms. The van der Waals surface area contributed by atoms with Crippen molar-refractivity contribution in [2.24, 2.45) is 7.05 Å². The van der Waals surface area contributed by atoms with E-state index in [0.717, 1.165) is 15.9 Å². The van der Waals surface area contributed by atoms with E-state index >= 15 is 0 Å². The van der Waals surface area contributed by atoms with Crippen LogP contribution in [0, 0.1) is 10.1 Å². The molecule has 4 rings (SSSR count). The van der Waals surface area contributed by atoms with Crippen molar-refractivity contribution in [3.8, 4) is 22.1 Å². The molecule has 0 radical (unpaired) electrons. The molecular weight excluding hydrogens is 388 g/mol. The lowest BCUT2D eigenvalue weighted by molar-refractivity contribution is -0.384. The minimum absolute atomic E-state index is 0.0156.